The summed E-state index contributed by atoms with van der Waals surface area (Å²) in [6.45, 7) is 7.93. The summed E-state index contributed by atoms with van der Waals surface area (Å²) >= 11 is 0. The first kappa shape index (κ1) is 21.2. The zero-order valence-corrected chi connectivity index (χ0v) is 17.3. The molecule has 0 unspecified atom stereocenters. The van der Waals surface area contributed by atoms with Crippen molar-refractivity contribution in [3.63, 3.8) is 0 Å². The van der Waals surface area contributed by atoms with Crippen LogP contribution >= 0.6 is 0 Å². The fraction of sp³-hybridized carbons (Fsp3) is 0.455. The summed E-state index contributed by atoms with van der Waals surface area (Å²) in [5.41, 5.74) is 0.428. The second-order valence-corrected chi connectivity index (χ2v) is 8.86. The van der Waals surface area contributed by atoms with Crippen LogP contribution in [0.4, 0.5) is 13.2 Å². The molecule has 2 aliphatic heterocycles. The molecule has 0 spiro atoms. The Morgan fingerprint density at radius 2 is 1.57 bits per heavy atom. The van der Waals surface area contributed by atoms with Crippen LogP contribution in [-0.2, 0) is 15.5 Å². The highest BCUT2D eigenvalue weighted by molar-refractivity contribution is 6.62. The van der Waals surface area contributed by atoms with Gasteiger partial charge in [-0.1, -0.05) is 24.3 Å². The molecule has 0 aromatic heterocycles. The number of hydrogen-bond acceptors (Lipinski definition) is 4. The maximum Gasteiger partial charge on any atom is 0.494 e. The van der Waals surface area contributed by atoms with E-state index >= 15 is 0 Å². The Morgan fingerprint density at radius 3 is 2.13 bits per heavy atom. The van der Waals surface area contributed by atoms with Crippen LogP contribution in [0.5, 0.6) is 5.75 Å². The van der Waals surface area contributed by atoms with E-state index in [0.717, 1.165) is 17.6 Å². The molecular formula is C22H24BF3O4. The van der Waals surface area contributed by atoms with E-state index in [9.17, 15) is 18.3 Å². The van der Waals surface area contributed by atoms with Gasteiger partial charge in [0.15, 0.2) is 0 Å². The highest BCUT2D eigenvalue weighted by Crippen LogP contribution is 2.40. The first-order chi connectivity index (χ1) is 13.9. The maximum atomic E-state index is 12.9. The molecule has 0 saturated carbocycles. The summed E-state index contributed by atoms with van der Waals surface area (Å²) < 4.78 is 56.6. The van der Waals surface area contributed by atoms with E-state index in [2.05, 4.69) is 0 Å². The number of halogens is 3. The topological polar surface area (TPSA) is 47.9 Å². The highest BCUT2D eigenvalue weighted by Gasteiger charge is 2.52. The minimum atomic E-state index is -4.40. The summed E-state index contributed by atoms with van der Waals surface area (Å²) in [6.07, 6.45) is -5.26. The lowest BCUT2D eigenvalue weighted by Crippen LogP contribution is -2.41. The van der Waals surface area contributed by atoms with Crippen LogP contribution in [0.25, 0.3) is 0 Å². The molecule has 30 heavy (non-hydrogen) atoms. The summed E-state index contributed by atoms with van der Waals surface area (Å²) in [5.74, 6) is 0.0841. The lowest BCUT2D eigenvalue weighted by Gasteiger charge is -2.32. The van der Waals surface area contributed by atoms with Gasteiger partial charge in [0.2, 0.25) is 0 Å². The van der Waals surface area contributed by atoms with E-state index in [1.807, 2.05) is 45.9 Å². The number of aliphatic hydroxyl groups excluding tert-OH is 1. The van der Waals surface area contributed by atoms with Gasteiger partial charge in [0.1, 0.15) is 12.4 Å². The van der Waals surface area contributed by atoms with Gasteiger partial charge in [-0.2, -0.15) is 13.2 Å². The second kappa shape index (κ2) is 7.00. The third kappa shape index (κ3) is 3.61. The van der Waals surface area contributed by atoms with Crippen molar-refractivity contribution in [1.82, 2.24) is 0 Å². The van der Waals surface area contributed by atoms with E-state index < -0.39 is 42.1 Å². The molecule has 1 saturated heterocycles. The minimum Gasteiger partial charge on any atom is -0.491 e. The van der Waals surface area contributed by atoms with Gasteiger partial charge in [-0.25, -0.2) is 0 Å². The minimum absolute atomic E-state index is 0.0471. The Hall–Kier alpha value is -2.03. The third-order valence-corrected chi connectivity index (χ3v) is 6.29. The Morgan fingerprint density at radius 1 is 0.967 bits per heavy atom. The van der Waals surface area contributed by atoms with Crippen molar-refractivity contribution in [2.45, 2.75) is 57.1 Å². The highest BCUT2D eigenvalue weighted by atomic mass is 19.4. The third-order valence-electron chi connectivity index (χ3n) is 6.29. The molecule has 8 heteroatoms. The van der Waals surface area contributed by atoms with Crippen molar-refractivity contribution in [1.29, 1.82) is 0 Å². The monoisotopic (exact) mass is 420 g/mol. The number of rotatable bonds is 2. The van der Waals surface area contributed by atoms with Crippen molar-refractivity contribution in [3.8, 4) is 5.75 Å². The Kier molecular flexibility index (Phi) is 4.95. The van der Waals surface area contributed by atoms with Crippen LogP contribution in [0.15, 0.2) is 42.5 Å². The van der Waals surface area contributed by atoms with Crippen LogP contribution in [0.2, 0.25) is 0 Å². The molecule has 1 N–H and O–H groups in total. The van der Waals surface area contributed by atoms with Gasteiger partial charge in [-0.3, -0.25) is 0 Å². The molecule has 2 aromatic rings. The van der Waals surface area contributed by atoms with Gasteiger partial charge in [-0.15, -0.1) is 0 Å². The summed E-state index contributed by atoms with van der Waals surface area (Å²) in [4.78, 5) is 0. The van der Waals surface area contributed by atoms with Crippen LogP contribution in [0.3, 0.4) is 0 Å². The first-order valence-electron chi connectivity index (χ1n) is 9.86. The number of aliphatic hydroxyl groups is 1. The molecule has 160 valence electrons. The largest absolute Gasteiger partial charge is 0.494 e. The van der Waals surface area contributed by atoms with E-state index in [1.54, 1.807) is 0 Å². The summed E-state index contributed by atoms with van der Waals surface area (Å²) in [7, 11) is -0.555. The molecule has 4 rings (SSSR count). The maximum absolute atomic E-state index is 12.9. The van der Waals surface area contributed by atoms with Gasteiger partial charge in [-0.05, 0) is 56.9 Å². The smallest absolute Gasteiger partial charge is 0.491 e. The van der Waals surface area contributed by atoms with Gasteiger partial charge < -0.3 is 19.2 Å². The van der Waals surface area contributed by atoms with Gasteiger partial charge in [0, 0.05) is 11.5 Å². The van der Waals surface area contributed by atoms with Crippen molar-refractivity contribution in [3.05, 3.63) is 59.2 Å². The molecule has 2 aliphatic rings. The van der Waals surface area contributed by atoms with Gasteiger partial charge in [0.05, 0.1) is 22.9 Å². The van der Waals surface area contributed by atoms with E-state index in [-0.39, 0.29) is 6.61 Å². The first-order valence-corrected chi connectivity index (χ1v) is 9.86. The Bertz CT molecular complexity index is 924. The zero-order valence-electron chi connectivity index (χ0n) is 17.3. The molecule has 0 bridgehead atoms. The van der Waals surface area contributed by atoms with E-state index in [0.29, 0.717) is 16.9 Å². The number of alkyl halides is 3. The average Bonchev–Trinajstić information content (AvgIpc) is 2.88. The number of hydrogen-bond donors (Lipinski definition) is 1. The van der Waals surface area contributed by atoms with E-state index in [4.69, 9.17) is 14.0 Å². The normalized spacial score (nSPS) is 25.0. The summed E-state index contributed by atoms with van der Waals surface area (Å²) in [6, 6.07) is 10.4. The van der Waals surface area contributed by atoms with Crippen LogP contribution in [-0.4, -0.2) is 36.1 Å². The van der Waals surface area contributed by atoms with Gasteiger partial charge >= 0.3 is 13.3 Å². The molecule has 4 nitrogen and oxygen atoms in total. The summed E-state index contributed by atoms with van der Waals surface area (Å²) in [5, 5.41) is 10.5. The fourth-order valence-electron chi connectivity index (χ4n) is 3.82. The SMILES string of the molecule is CC1(C)OB(c2ccc3c(c2)OC[C@H](O)[C@H]3c2ccc(C(F)(F)F)cc2)OC1(C)C. The fourth-order valence-corrected chi connectivity index (χ4v) is 3.82. The van der Waals surface area contributed by atoms with Gasteiger partial charge in [0.25, 0.3) is 0 Å². The molecule has 0 aliphatic carbocycles. The quantitative estimate of drug-likeness (QED) is 0.750. The van der Waals surface area contributed by atoms with Crippen LogP contribution < -0.4 is 10.2 Å². The van der Waals surface area contributed by atoms with E-state index in [1.165, 1.54) is 12.1 Å². The van der Waals surface area contributed by atoms with Crippen LogP contribution in [0.1, 0.15) is 50.3 Å². The lowest BCUT2D eigenvalue weighted by molar-refractivity contribution is -0.137. The molecule has 1 fully saturated rings. The average molecular weight is 420 g/mol. The predicted molar refractivity (Wildman–Crippen MR) is 107 cm³/mol. The Labute approximate surface area is 174 Å². The molecular weight excluding hydrogens is 396 g/mol. The molecule has 2 heterocycles. The second-order valence-electron chi connectivity index (χ2n) is 8.86. The van der Waals surface area contributed by atoms with Crippen molar-refractivity contribution in [2.24, 2.45) is 0 Å². The van der Waals surface area contributed by atoms with Crippen LogP contribution in [0, 0.1) is 0 Å². The predicted octanol–water partition coefficient (Wildman–Crippen LogP) is 3.89. The number of benzene rings is 2. The van der Waals surface area contributed by atoms with Crippen molar-refractivity contribution >= 4 is 12.6 Å². The zero-order chi connectivity index (χ0) is 21.9. The number of fused-ring (bicyclic) bond motifs is 1. The molecule has 2 aromatic carbocycles. The Balaban J connectivity index is 1.65. The van der Waals surface area contributed by atoms with Crippen molar-refractivity contribution < 1.29 is 32.3 Å². The molecule has 0 radical (unpaired) electrons. The molecule has 0 amide bonds. The van der Waals surface area contributed by atoms with Crippen molar-refractivity contribution in [2.75, 3.05) is 6.61 Å². The lowest BCUT2D eigenvalue weighted by atomic mass is 9.76. The standard InChI is InChI=1S/C22H24BF3O4/c1-20(2)21(3,4)30-23(29-20)15-9-10-16-18(11-15)28-12-17(27)19(16)13-5-7-14(8-6-13)22(24,25)26/h5-11,17,19,27H,12H2,1-4H3/t17-,19-/m0/s1. The number of ether oxygens (including phenoxy) is 1. The molecule has 2 atom stereocenters.